The summed E-state index contributed by atoms with van der Waals surface area (Å²) in [7, 11) is 3.22. The van der Waals surface area contributed by atoms with Crippen molar-refractivity contribution >= 4 is 32.8 Å². The van der Waals surface area contributed by atoms with Gasteiger partial charge in [-0.1, -0.05) is 30.3 Å². The largest absolute Gasteiger partial charge is 0.489 e. The predicted molar refractivity (Wildman–Crippen MR) is 92.7 cm³/mol. The maximum Gasteiger partial charge on any atom is 0.354 e. The number of nitrogens with zero attached hydrogens (tertiary/aromatic N) is 1. The molecule has 0 atom stereocenters. The Morgan fingerprint density at radius 2 is 1.91 bits per heavy atom. The molecule has 5 heteroatoms. The van der Waals surface area contributed by atoms with E-state index in [0.717, 1.165) is 26.7 Å². The second-order valence-corrected chi connectivity index (χ2v) is 6.05. The number of fused-ring (bicyclic) bond motifs is 1. The van der Waals surface area contributed by atoms with E-state index in [0.29, 0.717) is 12.3 Å². The molecule has 1 aromatic heterocycles. The molecule has 118 valence electrons. The summed E-state index contributed by atoms with van der Waals surface area (Å²) in [4.78, 5) is 11.8. The SMILES string of the molecule is COC(=O)c1cc2cc(OCc3ccccc3)cc(Br)c2n1C. The van der Waals surface area contributed by atoms with Crippen LogP contribution in [0.25, 0.3) is 10.9 Å². The van der Waals surface area contributed by atoms with Crippen LogP contribution in [0.3, 0.4) is 0 Å². The molecule has 0 radical (unpaired) electrons. The monoisotopic (exact) mass is 373 g/mol. The number of hydrogen-bond acceptors (Lipinski definition) is 3. The number of carbonyl (C=O) groups excluding carboxylic acids is 1. The van der Waals surface area contributed by atoms with Crippen LogP contribution in [0.15, 0.2) is 53.0 Å². The van der Waals surface area contributed by atoms with Gasteiger partial charge in [-0.2, -0.15) is 0 Å². The molecule has 23 heavy (non-hydrogen) atoms. The summed E-state index contributed by atoms with van der Waals surface area (Å²) >= 11 is 3.56. The molecule has 3 aromatic rings. The van der Waals surface area contributed by atoms with Crippen molar-refractivity contribution in [1.82, 2.24) is 4.57 Å². The molecular weight excluding hydrogens is 358 g/mol. The van der Waals surface area contributed by atoms with Crippen LogP contribution in [0.2, 0.25) is 0 Å². The zero-order valence-electron chi connectivity index (χ0n) is 12.9. The Hall–Kier alpha value is -2.27. The highest BCUT2D eigenvalue weighted by molar-refractivity contribution is 9.10. The van der Waals surface area contributed by atoms with E-state index in [1.54, 1.807) is 6.07 Å². The first kappa shape index (κ1) is 15.6. The zero-order chi connectivity index (χ0) is 16.4. The highest BCUT2D eigenvalue weighted by Gasteiger charge is 2.16. The van der Waals surface area contributed by atoms with E-state index < -0.39 is 0 Å². The van der Waals surface area contributed by atoms with Crippen molar-refractivity contribution in [2.24, 2.45) is 7.05 Å². The molecular formula is C18H16BrNO3. The third kappa shape index (κ3) is 3.10. The van der Waals surface area contributed by atoms with Gasteiger partial charge >= 0.3 is 5.97 Å². The Morgan fingerprint density at radius 1 is 1.17 bits per heavy atom. The molecule has 0 saturated carbocycles. The molecule has 4 nitrogen and oxygen atoms in total. The van der Waals surface area contributed by atoms with Crippen LogP contribution in [-0.4, -0.2) is 17.6 Å². The molecule has 0 spiro atoms. The fourth-order valence-electron chi connectivity index (χ4n) is 2.55. The summed E-state index contributed by atoms with van der Waals surface area (Å²) in [6.45, 7) is 0.496. The lowest BCUT2D eigenvalue weighted by Crippen LogP contribution is -2.07. The Kier molecular flexibility index (Phi) is 4.39. The van der Waals surface area contributed by atoms with Crippen LogP contribution >= 0.6 is 15.9 Å². The number of ether oxygens (including phenoxy) is 2. The minimum absolute atomic E-state index is 0.359. The molecule has 0 amide bonds. The lowest BCUT2D eigenvalue weighted by Gasteiger charge is -2.08. The normalized spacial score (nSPS) is 10.7. The standard InChI is InChI=1S/C18H16BrNO3/c1-20-16(18(21)22-2)9-13-8-14(10-15(19)17(13)20)23-11-12-6-4-3-5-7-12/h3-10H,11H2,1-2H3. The Morgan fingerprint density at radius 3 is 2.61 bits per heavy atom. The van der Waals surface area contributed by atoms with Crippen molar-refractivity contribution in [2.45, 2.75) is 6.61 Å². The van der Waals surface area contributed by atoms with Crippen LogP contribution in [-0.2, 0) is 18.4 Å². The van der Waals surface area contributed by atoms with Crippen molar-refractivity contribution in [3.63, 3.8) is 0 Å². The topological polar surface area (TPSA) is 40.5 Å². The molecule has 0 saturated heterocycles. The first-order valence-electron chi connectivity index (χ1n) is 7.14. The molecule has 0 unspecified atom stereocenters. The van der Waals surface area contributed by atoms with E-state index in [4.69, 9.17) is 9.47 Å². The van der Waals surface area contributed by atoms with E-state index in [-0.39, 0.29) is 5.97 Å². The Bertz CT molecular complexity index is 856. The minimum Gasteiger partial charge on any atom is -0.489 e. The summed E-state index contributed by atoms with van der Waals surface area (Å²) in [5.74, 6) is 0.387. The number of hydrogen-bond donors (Lipinski definition) is 0. The molecule has 0 N–H and O–H groups in total. The number of benzene rings is 2. The van der Waals surface area contributed by atoms with E-state index in [1.165, 1.54) is 7.11 Å². The van der Waals surface area contributed by atoms with Crippen LogP contribution < -0.4 is 4.74 Å². The van der Waals surface area contributed by atoms with Crippen molar-refractivity contribution in [3.8, 4) is 5.75 Å². The molecule has 2 aromatic carbocycles. The maximum atomic E-state index is 11.8. The van der Waals surface area contributed by atoms with Gasteiger partial charge in [-0.25, -0.2) is 4.79 Å². The number of carbonyl (C=O) groups is 1. The van der Waals surface area contributed by atoms with Crippen molar-refractivity contribution < 1.29 is 14.3 Å². The van der Waals surface area contributed by atoms with E-state index in [2.05, 4.69) is 15.9 Å². The molecule has 1 heterocycles. The van der Waals surface area contributed by atoms with Crippen LogP contribution in [0.1, 0.15) is 16.1 Å². The van der Waals surface area contributed by atoms with Gasteiger partial charge in [0.05, 0.1) is 12.6 Å². The van der Waals surface area contributed by atoms with Crippen LogP contribution in [0, 0.1) is 0 Å². The summed E-state index contributed by atoms with van der Waals surface area (Å²) < 4.78 is 13.4. The van der Waals surface area contributed by atoms with Gasteiger partial charge in [-0.05, 0) is 39.7 Å². The summed E-state index contributed by atoms with van der Waals surface area (Å²) in [6.07, 6.45) is 0. The Balaban J connectivity index is 1.93. The summed E-state index contributed by atoms with van der Waals surface area (Å²) in [6, 6.07) is 15.6. The zero-order valence-corrected chi connectivity index (χ0v) is 14.5. The molecule has 0 aliphatic rings. The maximum absolute atomic E-state index is 11.8. The van der Waals surface area contributed by atoms with E-state index >= 15 is 0 Å². The molecule has 0 aliphatic carbocycles. The first-order valence-corrected chi connectivity index (χ1v) is 7.93. The quantitative estimate of drug-likeness (QED) is 0.639. The lowest BCUT2D eigenvalue weighted by molar-refractivity contribution is 0.0590. The van der Waals surface area contributed by atoms with Gasteiger partial charge in [0.1, 0.15) is 18.1 Å². The lowest BCUT2D eigenvalue weighted by atomic mass is 10.2. The van der Waals surface area contributed by atoms with E-state index in [1.807, 2.05) is 54.1 Å². The smallest absolute Gasteiger partial charge is 0.354 e. The van der Waals surface area contributed by atoms with Crippen LogP contribution in [0.5, 0.6) is 5.75 Å². The molecule has 0 bridgehead atoms. The van der Waals surface area contributed by atoms with Gasteiger partial charge in [0, 0.05) is 16.9 Å². The van der Waals surface area contributed by atoms with Gasteiger partial charge in [0.2, 0.25) is 0 Å². The first-order chi connectivity index (χ1) is 11.1. The third-order valence-electron chi connectivity index (χ3n) is 3.70. The number of aromatic nitrogens is 1. The van der Waals surface area contributed by atoms with Crippen LogP contribution in [0.4, 0.5) is 0 Å². The Labute approximate surface area is 142 Å². The van der Waals surface area contributed by atoms with Gasteiger partial charge < -0.3 is 14.0 Å². The van der Waals surface area contributed by atoms with Gasteiger partial charge in [-0.15, -0.1) is 0 Å². The summed E-state index contributed by atoms with van der Waals surface area (Å²) in [5, 5.41) is 0.922. The molecule has 0 fully saturated rings. The van der Waals surface area contributed by atoms with E-state index in [9.17, 15) is 4.79 Å². The number of methoxy groups -OCH3 is 1. The number of esters is 1. The average Bonchev–Trinajstić information content (AvgIpc) is 2.90. The highest BCUT2D eigenvalue weighted by Crippen LogP contribution is 2.32. The summed E-state index contributed by atoms with van der Waals surface area (Å²) in [5.41, 5.74) is 2.54. The number of aryl methyl sites for hydroxylation is 1. The second-order valence-electron chi connectivity index (χ2n) is 5.20. The number of rotatable bonds is 4. The minimum atomic E-state index is -0.359. The molecule has 3 rings (SSSR count). The van der Waals surface area contributed by atoms with Crippen molar-refractivity contribution in [2.75, 3.05) is 7.11 Å². The van der Waals surface area contributed by atoms with Gasteiger partial charge in [0.25, 0.3) is 0 Å². The molecule has 0 aliphatic heterocycles. The predicted octanol–water partition coefficient (Wildman–Crippen LogP) is 4.31. The fraction of sp³-hybridized carbons (Fsp3) is 0.167. The van der Waals surface area contributed by atoms with Crippen molar-refractivity contribution in [3.05, 3.63) is 64.3 Å². The highest BCUT2D eigenvalue weighted by atomic mass is 79.9. The fourth-order valence-corrected chi connectivity index (χ4v) is 3.27. The number of halogens is 1. The van der Waals surface area contributed by atoms with Gasteiger partial charge in [-0.3, -0.25) is 0 Å². The van der Waals surface area contributed by atoms with Gasteiger partial charge in [0.15, 0.2) is 0 Å². The van der Waals surface area contributed by atoms with Crippen molar-refractivity contribution in [1.29, 1.82) is 0 Å². The third-order valence-corrected chi connectivity index (χ3v) is 4.30. The second kappa shape index (κ2) is 6.46. The average molecular weight is 374 g/mol.